The molecule has 3 aromatic rings. The van der Waals surface area contributed by atoms with Gasteiger partial charge in [-0.2, -0.15) is 0 Å². The van der Waals surface area contributed by atoms with Gasteiger partial charge in [0.1, 0.15) is 13.2 Å². The fourth-order valence-corrected chi connectivity index (χ4v) is 3.57. The molecule has 5 heteroatoms. The summed E-state index contributed by atoms with van der Waals surface area (Å²) in [6.45, 7) is 3.96. The lowest BCUT2D eigenvalue weighted by Crippen LogP contribution is -2.15. The summed E-state index contributed by atoms with van der Waals surface area (Å²) in [6, 6.07) is 14.3. The number of aryl methyl sites for hydroxylation is 1. The Morgan fingerprint density at radius 1 is 1.03 bits per heavy atom. The molecule has 0 radical (unpaired) electrons. The molecule has 2 aromatic carbocycles. The van der Waals surface area contributed by atoms with Crippen molar-refractivity contribution in [3.8, 4) is 11.5 Å². The number of H-pyrrole nitrogens is 1. The zero-order chi connectivity index (χ0) is 20.4. The second kappa shape index (κ2) is 8.13. The molecule has 1 aliphatic rings. The monoisotopic (exact) mass is 390 g/mol. The predicted octanol–water partition coefficient (Wildman–Crippen LogP) is 3.86. The number of fused-ring (bicyclic) bond motifs is 2. The normalized spacial score (nSPS) is 13.9. The number of aromatic amines is 1. The highest BCUT2D eigenvalue weighted by Crippen LogP contribution is 2.35. The van der Waals surface area contributed by atoms with Crippen molar-refractivity contribution in [1.82, 2.24) is 9.88 Å². The van der Waals surface area contributed by atoms with Gasteiger partial charge in [-0.3, -0.25) is 4.79 Å². The number of rotatable bonds is 5. The van der Waals surface area contributed by atoms with E-state index in [1.54, 1.807) is 0 Å². The smallest absolute Gasteiger partial charge is 0.251 e. The minimum Gasteiger partial charge on any atom is -0.486 e. The Balaban J connectivity index is 1.82. The SMILES string of the molecule is CCc1cc2cc(/C(=C/CN(C)C)c3ccc4c(c3)OCCO4)ccc2[nH]c1=O. The molecule has 0 saturated heterocycles. The minimum absolute atomic E-state index is 0.0111. The highest BCUT2D eigenvalue weighted by atomic mass is 16.6. The molecule has 0 aliphatic carbocycles. The summed E-state index contributed by atoms with van der Waals surface area (Å²) in [7, 11) is 4.10. The van der Waals surface area contributed by atoms with Gasteiger partial charge in [-0.15, -0.1) is 0 Å². The minimum atomic E-state index is -0.0111. The third-order valence-corrected chi connectivity index (χ3v) is 5.13. The van der Waals surface area contributed by atoms with Crippen molar-refractivity contribution in [2.75, 3.05) is 33.9 Å². The van der Waals surface area contributed by atoms with Gasteiger partial charge in [-0.1, -0.05) is 25.1 Å². The molecule has 5 nitrogen and oxygen atoms in total. The molecule has 0 amide bonds. The average molecular weight is 390 g/mol. The molecule has 150 valence electrons. The van der Waals surface area contributed by atoms with Gasteiger partial charge in [0.2, 0.25) is 0 Å². The van der Waals surface area contributed by atoms with Crippen LogP contribution < -0.4 is 15.0 Å². The van der Waals surface area contributed by atoms with Crippen LogP contribution >= 0.6 is 0 Å². The Kier molecular flexibility index (Phi) is 5.41. The highest BCUT2D eigenvalue weighted by molar-refractivity contribution is 5.88. The van der Waals surface area contributed by atoms with Crippen LogP contribution in [0.1, 0.15) is 23.6 Å². The molecule has 0 fully saturated rings. The number of likely N-dealkylation sites (N-methyl/N-ethyl adjacent to an activating group) is 1. The molecule has 0 bridgehead atoms. The molecule has 0 spiro atoms. The standard InChI is InChI=1S/C24H26N2O3/c1-4-16-13-19-14-17(5-7-21(19)25-24(16)27)20(9-10-26(2)3)18-6-8-22-23(15-18)29-12-11-28-22/h5-9,13-15H,4,10-12H2,1-3H3,(H,25,27)/b20-9-. The summed E-state index contributed by atoms with van der Waals surface area (Å²) in [6.07, 6.45) is 2.93. The maximum absolute atomic E-state index is 12.1. The Labute approximate surface area is 170 Å². The summed E-state index contributed by atoms with van der Waals surface area (Å²) >= 11 is 0. The summed E-state index contributed by atoms with van der Waals surface area (Å²) < 4.78 is 11.5. The number of hydrogen-bond acceptors (Lipinski definition) is 4. The van der Waals surface area contributed by atoms with Crippen LogP contribution in [-0.2, 0) is 6.42 Å². The lowest BCUT2D eigenvalue weighted by molar-refractivity contribution is 0.171. The summed E-state index contributed by atoms with van der Waals surface area (Å²) in [5, 5.41) is 1.03. The second-order valence-electron chi connectivity index (χ2n) is 7.52. The molecule has 0 unspecified atom stereocenters. The van der Waals surface area contributed by atoms with E-state index in [4.69, 9.17) is 9.47 Å². The van der Waals surface area contributed by atoms with E-state index in [0.717, 1.165) is 51.2 Å². The number of hydrogen-bond donors (Lipinski definition) is 1. The average Bonchev–Trinajstić information content (AvgIpc) is 2.73. The Morgan fingerprint density at radius 2 is 1.76 bits per heavy atom. The summed E-state index contributed by atoms with van der Waals surface area (Å²) in [4.78, 5) is 17.2. The van der Waals surface area contributed by atoms with Gasteiger partial charge in [0.25, 0.3) is 5.56 Å². The number of aromatic nitrogens is 1. The number of ether oxygens (including phenoxy) is 2. The van der Waals surface area contributed by atoms with E-state index in [9.17, 15) is 4.79 Å². The third-order valence-electron chi connectivity index (χ3n) is 5.13. The van der Waals surface area contributed by atoms with Crippen molar-refractivity contribution in [2.24, 2.45) is 0 Å². The fourth-order valence-electron chi connectivity index (χ4n) is 3.57. The van der Waals surface area contributed by atoms with E-state index in [-0.39, 0.29) is 5.56 Å². The Morgan fingerprint density at radius 3 is 2.52 bits per heavy atom. The summed E-state index contributed by atoms with van der Waals surface area (Å²) in [5.74, 6) is 1.57. The van der Waals surface area contributed by atoms with E-state index in [1.165, 1.54) is 0 Å². The molecule has 0 saturated carbocycles. The maximum Gasteiger partial charge on any atom is 0.251 e. The fraction of sp³-hybridized carbons (Fsp3) is 0.292. The van der Waals surface area contributed by atoms with Crippen LogP contribution in [0.3, 0.4) is 0 Å². The van der Waals surface area contributed by atoms with Gasteiger partial charge in [-0.25, -0.2) is 0 Å². The molecule has 29 heavy (non-hydrogen) atoms. The van der Waals surface area contributed by atoms with Gasteiger partial charge < -0.3 is 19.4 Å². The largest absolute Gasteiger partial charge is 0.486 e. The van der Waals surface area contributed by atoms with Crippen LogP contribution in [0.4, 0.5) is 0 Å². The Bertz CT molecular complexity index is 1130. The third kappa shape index (κ3) is 4.05. The van der Waals surface area contributed by atoms with Crippen molar-refractivity contribution in [2.45, 2.75) is 13.3 Å². The van der Waals surface area contributed by atoms with Crippen LogP contribution in [0.15, 0.2) is 53.3 Å². The number of pyridine rings is 1. The molecule has 2 heterocycles. The summed E-state index contributed by atoms with van der Waals surface area (Å²) in [5.41, 5.74) is 4.95. The van der Waals surface area contributed by atoms with E-state index in [2.05, 4.69) is 48.3 Å². The number of nitrogens with zero attached hydrogens (tertiary/aromatic N) is 1. The van der Waals surface area contributed by atoms with E-state index < -0.39 is 0 Å². The first kappa shape index (κ1) is 19.3. The van der Waals surface area contributed by atoms with Crippen LogP contribution in [-0.4, -0.2) is 43.7 Å². The molecule has 0 atom stereocenters. The molecule has 1 aliphatic heterocycles. The van der Waals surface area contributed by atoms with E-state index in [0.29, 0.717) is 19.6 Å². The van der Waals surface area contributed by atoms with Crippen LogP contribution in [0, 0.1) is 0 Å². The van der Waals surface area contributed by atoms with E-state index >= 15 is 0 Å². The van der Waals surface area contributed by atoms with Crippen LogP contribution in [0.25, 0.3) is 16.5 Å². The Hall–Kier alpha value is -3.05. The zero-order valence-corrected chi connectivity index (χ0v) is 17.1. The molecule has 4 rings (SSSR count). The van der Waals surface area contributed by atoms with Gasteiger partial charge in [0, 0.05) is 17.6 Å². The number of nitrogens with one attached hydrogen (secondary N) is 1. The van der Waals surface area contributed by atoms with Crippen molar-refractivity contribution in [1.29, 1.82) is 0 Å². The topological polar surface area (TPSA) is 54.6 Å². The van der Waals surface area contributed by atoms with E-state index in [1.807, 2.05) is 31.2 Å². The first-order valence-corrected chi connectivity index (χ1v) is 9.96. The molecular weight excluding hydrogens is 364 g/mol. The van der Waals surface area contributed by atoms with Gasteiger partial charge in [0.15, 0.2) is 11.5 Å². The maximum atomic E-state index is 12.1. The van der Waals surface area contributed by atoms with Gasteiger partial charge in [-0.05, 0) is 72.9 Å². The second-order valence-corrected chi connectivity index (χ2v) is 7.52. The molecule has 1 N–H and O–H groups in total. The van der Waals surface area contributed by atoms with Gasteiger partial charge in [0.05, 0.1) is 0 Å². The van der Waals surface area contributed by atoms with Crippen LogP contribution in [0.2, 0.25) is 0 Å². The molecular formula is C24H26N2O3. The zero-order valence-electron chi connectivity index (χ0n) is 17.1. The van der Waals surface area contributed by atoms with Crippen LogP contribution in [0.5, 0.6) is 11.5 Å². The lowest BCUT2D eigenvalue weighted by atomic mass is 9.95. The lowest BCUT2D eigenvalue weighted by Gasteiger charge is -2.20. The van der Waals surface area contributed by atoms with Crippen molar-refractivity contribution < 1.29 is 9.47 Å². The first-order valence-electron chi connectivity index (χ1n) is 9.96. The van der Waals surface area contributed by atoms with Crippen molar-refractivity contribution in [3.05, 3.63) is 75.6 Å². The number of benzene rings is 2. The van der Waals surface area contributed by atoms with Crippen molar-refractivity contribution in [3.63, 3.8) is 0 Å². The van der Waals surface area contributed by atoms with Gasteiger partial charge >= 0.3 is 0 Å². The van der Waals surface area contributed by atoms with Crippen molar-refractivity contribution >= 4 is 16.5 Å². The molecule has 1 aromatic heterocycles. The predicted molar refractivity (Wildman–Crippen MR) is 117 cm³/mol. The first-order chi connectivity index (χ1) is 14.0. The quantitative estimate of drug-likeness (QED) is 0.719. The highest BCUT2D eigenvalue weighted by Gasteiger charge is 2.15.